The first kappa shape index (κ1) is 13.9. The molecule has 1 aliphatic heterocycles. The molecule has 3 unspecified atom stereocenters. The molecule has 0 radical (unpaired) electrons. The van der Waals surface area contributed by atoms with E-state index in [1.165, 1.54) is 0 Å². The highest BCUT2D eigenvalue weighted by Crippen LogP contribution is 2.52. The Morgan fingerprint density at radius 1 is 1.45 bits per heavy atom. The number of nitrogens with one attached hydrogen (secondary N) is 1. The summed E-state index contributed by atoms with van der Waals surface area (Å²) in [7, 11) is 0. The first-order valence-corrected chi connectivity index (χ1v) is 7.65. The van der Waals surface area contributed by atoms with E-state index >= 15 is 0 Å². The van der Waals surface area contributed by atoms with Crippen LogP contribution in [-0.4, -0.2) is 22.9 Å². The summed E-state index contributed by atoms with van der Waals surface area (Å²) in [5.41, 5.74) is 1.31. The zero-order valence-electron chi connectivity index (χ0n) is 12.2. The third kappa shape index (κ3) is 2.23. The van der Waals surface area contributed by atoms with Crippen molar-refractivity contribution < 1.29 is 4.79 Å². The van der Waals surface area contributed by atoms with E-state index in [4.69, 9.17) is 11.6 Å². The maximum Gasteiger partial charge on any atom is 0.241 e. The minimum absolute atomic E-state index is 0.0436. The predicted molar refractivity (Wildman–Crippen MR) is 80.4 cm³/mol. The van der Waals surface area contributed by atoms with Crippen LogP contribution in [0.4, 0.5) is 0 Å². The summed E-state index contributed by atoms with van der Waals surface area (Å²) in [6.45, 7) is 6.49. The molecule has 108 valence electrons. The van der Waals surface area contributed by atoms with Crippen molar-refractivity contribution in [3.05, 3.63) is 34.9 Å². The molecule has 1 aromatic carbocycles. The molecule has 1 saturated heterocycles. The van der Waals surface area contributed by atoms with Gasteiger partial charge in [0.1, 0.15) is 6.17 Å². The second kappa shape index (κ2) is 4.74. The van der Waals surface area contributed by atoms with Crippen LogP contribution in [0.25, 0.3) is 0 Å². The molecule has 4 heteroatoms. The van der Waals surface area contributed by atoms with Crippen molar-refractivity contribution in [1.29, 1.82) is 0 Å². The van der Waals surface area contributed by atoms with Crippen LogP contribution < -0.4 is 5.32 Å². The Morgan fingerprint density at radius 3 is 2.70 bits per heavy atom. The molecule has 0 spiro atoms. The highest BCUT2D eigenvalue weighted by Gasteiger charge is 2.56. The molecule has 1 amide bonds. The zero-order valence-corrected chi connectivity index (χ0v) is 12.9. The van der Waals surface area contributed by atoms with E-state index < -0.39 is 0 Å². The van der Waals surface area contributed by atoms with Crippen LogP contribution in [0.3, 0.4) is 0 Å². The monoisotopic (exact) mass is 292 g/mol. The van der Waals surface area contributed by atoms with Crippen LogP contribution in [0.15, 0.2) is 24.3 Å². The van der Waals surface area contributed by atoms with Crippen LogP contribution in [0.2, 0.25) is 5.02 Å². The fraction of sp³-hybridized carbons (Fsp3) is 0.562. The Hall–Kier alpha value is -1.06. The standard InChI is InChI=1S/C16H21ClN2O/c1-4-12-15(20)19(13-9-16(13,2)3)14(18-12)10-6-5-7-11(17)8-10/h5-8,12-14,18H,4,9H2,1-3H3. The average molecular weight is 293 g/mol. The van der Waals surface area contributed by atoms with Gasteiger partial charge in [-0.2, -0.15) is 0 Å². The normalized spacial score (nSPS) is 31.7. The summed E-state index contributed by atoms with van der Waals surface area (Å²) in [6.07, 6.45) is 1.85. The van der Waals surface area contributed by atoms with E-state index in [-0.39, 0.29) is 23.5 Å². The summed E-state index contributed by atoms with van der Waals surface area (Å²) in [4.78, 5) is 14.6. The van der Waals surface area contributed by atoms with Crippen LogP contribution in [0.5, 0.6) is 0 Å². The zero-order chi connectivity index (χ0) is 14.5. The molecule has 3 atom stereocenters. The minimum atomic E-state index is -0.0737. The lowest BCUT2D eigenvalue weighted by atomic mass is 10.1. The van der Waals surface area contributed by atoms with Crippen molar-refractivity contribution in [2.75, 3.05) is 0 Å². The van der Waals surface area contributed by atoms with Crippen LogP contribution in [0, 0.1) is 5.41 Å². The molecule has 2 aliphatic rings. The summed E-state index contributed by atoms with van der Waals surface area (Å²) in [5.74, 6) is 0.230. The number of amides is 1. The van der Waals surface area contributed by atoms with Gasteiger partial charge < -0.3 is 4.90 Å². The number of rotatable bonds is 3. The van der Waals surface area contributed by atoms with Gasteiger partial charge in [-0.1, -0.05) is 44.5 Å². The van der Waals surface area contributed by atoms with E-state index in [1.807, 2.05) is 36.1 Å². The fourth-order valence-corrected chi connectivity index (χ4v) is 3.32. The Kier molecular flexibility index (Phi) is 3.30. The summed E-state index contributed by atoms with van der Waals surface area (Å²) >= 11 is 6.10. The van der Waals surface area contributed by atoms with Crippen molar-refractivity contribution in [1.82, 2.24) is 10.2 Å². The van der Waals surface area contributed by atoms with Crippen molar-refractivity contribution in [2.45, 2.75) is 51.9 Å². The van der Waals surface area contributed by atoms with Gasteiger partial charge in [0.25, 0.3) is 0 Å². The van der Waals surface area contributed by atoms with Crippen LogP contribution in [0.1, 0.15) is 45.3 Å². The number of carbonyl (C=O) groups is 1. The van der Waals surface area contributed by atoms with E-state index in [0.717, 1.165) is 18.4 Å². The van der Waals surface area contributed by atoms with Crippen molar-refractivity contribution in [3.8, 4) is 0 Å². The number of hydrogen-bond donors (Lipinski definition) is 1. The van der Waals surface area contributed by atoms with Crippen LogP contribution in [-0.2, 0) is 4.79 Å². The molecule has 1 N–H and O–H groups in total. The average Bonchev–Trinajstić information content (AvgIpc) is 2.88. The molecule has 3 rings (SSSR count). The molecular formula is C16H21ClN2O. The smallest absolute Gasteiger partial charge is 0.241 e. The van der Waals surface area contributed by atoms with Gasteiger partial charge in [0.05, 0.1) is 6.04 Å². The van der Waals surface area contributed by atoms with E-state index in [0.29, 0.717) is 11.1 Å². The number of benzene rings is 1. The molecule has 0 aromatic heterocycles. The Bertz CT molecular complexity index is 543. The Morgan fingerprint density at radius 2 is 2.15 bits per heavy atom. The molecule has 20 heavy (non-hydrogen) atoms. The van der Waals surface area contributed by atoms with Gasteiger partial charge in [-0.25, -0.2) is 0 Å². The quantitative estimate of drug-likeness (QED) is 0.926. The SMILES string of the molecule is CCC1NC(c2cccc(Cl)c2)N(C2CC2(C)C)C1=O. The summed E-state index contributed by atoms with van der Waals surface area (Å²) < 4.78 is 0. The van der Waals surface area contributed by atoms with E-state index in [9.17, 15) is 4.79 Å². The van der Waals surface area contributed by atoms with E-state index in [2.05, 4.69) is 19.2 Å². The van der Waals surface area contributed by atoms with Gasteiger partial charge in [-0.05, 0) is 36.0 Å². The third-order valence-electron chi connectivity index (χ3n) is 4.56. The van der Waals surface area contributed by atoms with Gasteiger partial charge in [0, 0.05) is 11.1 Å². The molecule has 1 saturated carbocycles. The maximum absolute atomic E-state index is 12.6. The van der Waals surface area contributed by atoms with Crippen molar-refractivity contribution in [2.24, 2.45) is 5.41 Å². The van der Waals surface area contributed by atoms with Crippen LogP contribution >= 0.6 is 11.6 Å². The topological polar surface area (TPSA) is 32.3 Å². The molecule has 3 nitrogen and oxygen atoms in total. The Balaban J connectivity index is 1.93. The fourth-order valence-electron chi connectivity index (χ4n) is 3.12. The Labute approximate surface area is 125 Å². The highest BCUT2D eigenvalue weighted by atomic mass is 35.5. The predicted octanol–water partition coefficient (Wildman–Crippen LogP) is 3.35. The van der Waals surface area contributed by atoms with Gasteiger partial charge in [-0.3, -0.25) is 10.1 Å². The number of nitrogens with zero attached hydrogens (tertiary/aromatic N) is 1. The molecular weight excluding hydrogens is 272 g/mol. The number of halogens is 1. The molecule has 2 fully saturated rings. The number of hydrogen-bond acceptors (Lipinski definition) is 2. The lowest BCUT2D eigenvalue weighted by molar-refractivity contribution is -0.131. The van der Waals surface area contributed by atoms with Crippen molar-refractivity contribution >= 4 is 17.5 Å². The van der Waals surface area contributed by atoms with Gasteiger partial charge in [-0.15, -0.1) is 0 Å². The summed E-state index contributed by atoms with van der Waals surface area (Å²) in [5, 5.41) is 4.18. The highest BCUT2D eigenvalue weighted by molar-refractivity contribution is 6.30. The largest absolute Gasteiger partial charge is 0.318 e. The van der Waals surface area contributed by atoms with Gasteiger partial charge in [0.2, 0.25) is 5.91 Å². The molecule has 1 aliphatic carbocycles. The third-order valence-corrected chi connectivity index (χ3v) is 4.79. The lowest BCUT2D eigenvalue weighted by Crippen LogP contribution is -2.35. The first-order valence-electron chi connectivity index (χ1n) is 7.28. The number of carbonyl (C=O) groups excluding carboxylic acids is 1. The van der Waals surface area contributed by atoms with Crippen molar-refractivity contribution in [3.63, 3.8) is 0 Å². The van der Waals surface area contributed by atoms with Gasteiger partial charge in [0.15, 0.2) is 0 Å². The second-order valence-electron chi connectivity index (χ2n) is 6.54. The molecule has 1 aromatic rings. The summed E-state index contributed by atoms with van der Waals surface area (Å²) in [6, 6.07) is 8.06. The van der Waals surface area contributed by atoms with Gasteiger partial charge >= 0.3 is 0 Å². The maximum atomic E-state index is 12.6. The van der Waals surface area contributed by atoms with E-state index in [1.54, 1.807) is 0 Å². The molecule has 1 heterocycles. The minimum Gasteiger partial charge on any atom is -0.318 e. The first-order chi connectivity index (χ1) is 9.44. The lowest BCUT2D eigenvalue weighted by Gasteiger charge is -2.26. The second-order valence-corrected chi connectivity index (χ2v) is 6.98. The molecule has 0 bridgehead atoms.